The second kappa shape index (κ2) is 9.81. The van der Waals surface area contributed by atoms with Gasteiger partial charge in [0.25, 0.3) is 0 Å². The topological polar surface area (TPSA) is 0 Å². The number of hydrogen-bond donors (Lipinski definition) is 0. The Balaban J connectivity index is 2.61. The van der Waals surface area contributed by atoms with Gasteiger partial charge in [-0.3, -0.25) is 0 Å². The van der Waals surface area contributed by atoms with Crippen LogP contribution in [0, 0.1) is 0 Å². The fourth-order valence-electron chi connectivity index (χ4n) is 2.04. The van der Waals surface area contributed by atoms with E-state index >= 15 is 0 Å². The lowest BCUT2D eigenvalue weighted by molar-refractivity contribution is 0.557. The maximum Gasteiger partial charge on any atom is 0.0271 e. The maximum atomic E-state index is 3.82. The standard InChI is InChI=1S/C12H18Br6/c13-7-1-2-8(14)10(16)5-6-12(18)11(17)4-3-9(7)15/h7-12H,1-6H2/t7-,8-,9-,10-,11-,12?/m0/s1. The normalized spacial score (nSPS) is 45.0. The van der Waals surface area contributed by atoms with Gasteiger partial charge in [-0.05, 0) is 38.5 Å². The lowest BCUT2D eigenvalue weighted by atomic mass is 10.0. The van der Waals surface area contributed by atoms with Gasteiger partial charge < -0.3 is 0 Å². The molecule has 1 rings (SSSR count). The summed E-state index contributed by atoms with van der Waals surface area (Å²) in [5.74, 6) is 0. The molecule has 1 aliphatic carbocycles. The quantitative estimate of drug-likeness (QED) is 0.252. The molecule has 18 heavy (non-hydrogen) atoms. The Morgan fingerprint density at radius 1 is 0.333 bits per heavy atom. The number of rotatable bonds is 0. The van der Waals surface area contributed by atoms with Gasteiger partial charge >= 0.3 is 0 Å². The zero-order chi connectivity index (χ0) is 13.7. The Morgan fingerprint density at radius 2 is 0.444 bits per heavy atom. The average Bonchev–Trinajstić information content (AvgIpc) is 2.36. The third kappa shape index (κ3) is 6.76. The van der Waals surface area contributed by atoms with Gasteiger partial charge in [-0.25, -0.2) is 0 Å². The first kappa shape index (κ1) is 18.9. The predicted molar refractivity (Wildman–Crippen MR) is 104 cm³/mol. The fraction of sp³-hybridized carbons (Fsp3) is 1.00. The molecule has 1 saturated carbocycles. The SMILES string of the molecule is BrC1CC[C@H](Br)[C@@H](Br)CC[C@H](Br)[C@@H](Br)CC[C@@H]1Br. The van der Waals surface area contributed by atoms with Crippen LogP contribution in [0.1, 0.15) is 38.5 Å². The zero-order valence-electron chi connectivity index (χ0n) is 9.97. The van der Waals surface area contributed by atoms with Crippen molar-refractivity contribution in [3.8, 4) is 0 Å². The summed E-state index contributed by atoms with van der Waals surface area (Å²) in [6.45, 7) is 0. The first-order valence-electron chi connectivity index (χ1n) is 6.26. The smallest absolute Gasteiger partial charge is 0.0271 e. The van der Waals surface area contributed by atoms with E-state index in [4.69, 9.17) is 0 Å². The van der Waals surface area contributed by atoms with Crippen LogP contribution in [0.2, 0.25) is 0 Å². The van der Waals surface area contributed by atoms with Crippen LogP contribution in [0.25, 0.3) is 0 Å². The minimum atomic E-state index is 0.560. The minimum Gasteiger partial charge on any atom is -0.0879 e. The Kier molecular flexibility index (Phi) is 10.3. The molecule has 0 aromatic carbocycles. The second-order valence-electron chi connectivity index (χ2n) is 4.83. The van der Waals surface area contributed by atoms with Gasteiger partial charge in [0.2, 0.25) is 0 Å². The van der Waals surface area contributed by atoms with Crippen LogP contribution in [-0.4, -0.2) is 29.0 Å². The van der Waals surface area contributed by atoms with Crippen LogP contribution in [0.5, 0.6) is 0 Å². The molecule has 108 valence electrons. The second-order valence-corrected chi connectivity index (χ2v) is 11.9. The molecule has 1 aliphatic rings. The first-order valence-corrected chi connectivity index (χ1v) is 11.8. The average molecular weight is 642 g/mol. The van der Waals surface area contributed by atoms with E-state index in [2.05, 4.69) is 95.6 Å². The van der Waals surface area contributed by atoms with E-state index in [1.165, 1.54) is 38.5 Å². The molecule has 0 aromatic rings. The van der Waals surface area contributed by atoms with Crippen molar-refractivity contribution in [2.24, 2.45) is 0 Å². The van der Waals surface area contributed by atoms with Gasteiger partial charge in [-0.2, -0.15) is 0 Å². The van der Waals surface area contributed by atoms with Crippen molar-refractivity contribution in [3.05, 3.63) is 0 Å². The third-order valence-electron chi connectivity index (χ3n) is 3.33. The molecule has 0 saturated heterocycles. The zero-order valence-corrected chi connectivity index (χ0v) is 19.5. The molecule has 6 atom stereocenters. The Hall–Kier alpha value is 2.88. The molecular weight excluding hydrogens is 624 g/mol. The maximum absolute atomic E-state index is 3.82. The molecule has 0 amide bonds. The number of halogens is 6. The number of hydrogen-bond acceptors (Lipinski definition) is 0. The van der Waals surface area contributed by atoms with Gasteiger partial charge in [0.1, 0.15) is 0 Å². The monoisotopic (exact) mass is 636 g/mol. The molecule has 1 unspecified atom stereocenters. The van der Waals surface area contributed by atoms with E-state index in [-0.39, 0.29) is 0 Å². The van der Waals surface area contributed by atoms with Crippen molar-refractivity contribution in [2.45, 2.75) is 67.5 Å². The number of alkyl halides is 6. The summed E-state index contributed by atoms with van der Waals surface area (Å²) in [5, 5.41) is 0. The van der Waals surface area contributed by atoms with Crippen LogP contribution in [-0.2, 0) is 0 Å². The highest BCUT2D eigenvalue weighted by Gasteiger charge is 2.25. The summed E-state index contributed by atoms with van der Waals surface area (Å²) in [5.41, 5.74) is 0. The third-order valence-corrected chi connectivity index (χ3v) is 12.0. The van der Waals surface area contributed by atoms with Gasteiger partial charge in [-0.15, -0.1) is 0 Å². The largest absolute Gasteiger partial charge is 0.0879 e. The van der Waals surface area contributed by atoms with Crippen molar-refractivity contribution in [1.29, 1.82) is 0 Å². The molecule has 1 fully saturated rings. The summed E-state index contributed by atoms with van der Waals surface area (Å²) in [6.07, 6.45) is 7.24. The van der Waals surface area contributed by atoms with Crippen molar-refractivity contribution >= 4 is 95.6 Å². The molecule has 0 aromatic heterocycles. The highest BCUT2D eigenvalue weighted by atomic mass is 79.9. The Bertz CT molecular complexity index is 175. The van der Waals surface area contributed by atoms with Gasteiger partial charge in [-0.1, -0.05) is 95.6 Å². The van der Waals surface area contributed by atoms with Crippen molar-refractivity contribution in [1.82, 2.24) is 0 Å². The van der Waals surface area contributed by atoms with Crippen LogP contribution in [0.4, 0.5) is 0 Å². The van der Waals surface area contributed by atoms with Gasteiger partial charge in [0, 0.05) is 29.0 Å². The molecule has 0 aliphatic heterocycles. The lowest BCUT2D eigenvalue weighted by Gasteiger charge is -2.25. The predicted octanol–water partition coefficient (Wildman–Crippen LogP) is 6.92. The van der Waals surface area contributed by atoms with Crippen LogP contribution >= 0.6 is 95.6 Å². The first-order chi connectivity index (χ1) is 8.41. The van der Waals surface area contributed by atoms with Crippen LogP contribution in [0.3, 0.4) is 0 Å². The lowest BCUT2D eigenvalue weighted by Crippen LogP contribution is -2.25. The highest BCUT2D eigenvalue weighted by molar-refractivity contribution is 9.13. The Labute approximate surface area is 161 Å². The minimum absolute atomic E-state index is 0.560. The molecule has 0 bridgehead atoms. The molecule has 6 heteroatoms. The van der Waals surface area contributed by atoms with Crippen molar-refractivity contribution < 1.29 is 0 Å². The summed E-state index contributed by atoms with van der Waals surface area (Å²) in [4.78, 5) is 3.36. The van der Waals surface area contributed by atoms with Gasteiger partial charge in [0.05, 0.1) is 0 Å². The fourth-order valence-corrected chi connectivity index (χ4v) is 5.21. The van der Waals surface area contributed by atoms with Crippen molar-refractivity contribution in [2.75, 3.05) is 0 Å². The van der Waals surface area contributed by atoms with Crippen LogP contribution in [0.15, 0.2) is 0 Å². The molecule has 0 N–H and O–H groups in total. The molecule has 0 heterocycles. The van der Waals surface area contributed by atoms with Gasteiger partial charge in [0.15, 0.2) is 0 Å². The summed E-state index contributed by atoms with van der Waals surface area (Å²) >= 11 is 22.9. The van der Waals surface area contributed by atoms with E-state index in [1.807, 2.05) is 0 Å². The van der Waals surface area contributed by atoms with Crippen molar-refractivity contribution in [3.63, 3.8) is 0 Å². The molecule has 0 nitrogen and oxygen atoms in total. The Morgan fingerprint density at radius 3 is 0.556 bits per heavy atom. The summed E-state index contributed by atoms with van der Waals surface area (Å²) < 4.78 is 0. The molecule has 0 spiro atoms. The van der Waals surface area contributed by atoms with E-state index in [0.29, 0.717) is 29.0 Å². The molecular formula is C12H18Br6. The van der Waals surface area contributed by atoms with E-state index in [9.17, 15) is 0 Å². The highest BCUT2D eigenvalue weighted by Crippen LogP contribution is 2.34. The summed E-state index contributed by atoms with van der Waals surface area (Å²) in [6, 6.07) is 0. The molecule has 0 radical (unpaired) electrons. The summed E-state index contributed by atoms with van der Waals surface area (Å²) in [7, 11) is 0. The van der Waals surface area contributed by atoms with E-state index in [0.717, 1.165) is 0 Å². The van der Waals surface area contributed by atoms with E-state index < -0.39 is 0 Å². The van der Waals surface area contributed by atoms with Crippen LogP contribution < -0.4 is 0 Å². The van der Waals surface area contributed by atoms with E-state index in [1.54, 1.807) is 0 Å².